The quantitative estimate of drug-likeness (QED) is 0.868. The summed E-state index contributed by atoms with van der Waals surface area (Å²) in [5.74, 6) is 1.19. The first-order valence-electron chi connectivity index (χ1n) is 8.16. The van der Waals surface area contributed by atoms with Crippen LogP contribution in [-0.4, -0.2) is 51.9 Å². The molecule has 0 bridgehead atoms. The lowest BCUT2D eigenvalue weighted by atomic mass is 10.0. The van der Waals surface area contributed by atoms with Crippen LogP contribution in [0.25, 0.3) is 0 Å². The Bertz CT molecular complexity index is 652. The van der Waals surface area contributed by atoms with Crippen LogP contribution in [0.1, 0.15) is 23.9 Å². The molecule has 0 aliphatic carbocycles. The fourth-order valence-electron chi connectivity index (χ4n) is 3.15. The number of hydrogen-bond acceptors (Lipinski definition) is 3. The van der Waals surface area contributed by atoms with Crippen LogP contribution in [0.5, 0.6) is 0 Å². The number of aromatic nitrogens is 2. The molecule has 0 spiro atoms. The maximum Gasteiger partial charge on any atom is 0.224 e. The molecule has 1 atom stereocenters. The van der Waals surface area contributed by atoms with Gasteiger partial charge in [-0.25, -0.2) is 4.98 Å². The van der Waals surface area contributed by atoms with Gasteiger partial charge in [0.15, 0.2) is 0 Å². The Kier molecular flexibility index (Phi) is 4.76. The summed E-state index contributed by atoms with van der Waals surface area (Å²) in [6.45, 7) is 5.15. The van der Waals surface area contributed by atoms with Crippen molar-refractivity contribution < 1.29 is 4.79 Å². The zero-order valence-corrected chi connectivity index (χ0v) is 13.9. The van der Waals surface area contributed by atoms with Crippen molar-refractivity contribution in [2.45, 2.75) is 25.9 Å². The van der Waals surface area contributed by atoms with Gasteiger partial charge < -0.3 is 9.47 Å². The molecular formula is C18H24N4O. The van der Waals surface area contributed by atoms with Crippen LogP contribution in [-0.2, 0) is 11.3 Å². The monoisotopic (exact) mass is 312 g/mol. The topological polar surface area (TPSA) is 41.4 Å². The molecule has 5 heteroatoms. The fourth-order valence-corrected chi connectivity index (χ4v) is 3.15. The van der Waals surface area contributed by atoms with E-state index in [1.807, 2.05) is 28.7 Å². The maximum absolute atomic E-state index is 12.6. The number of rotatable bonds is 4. The van der Waals surface area contributed by atoms with Crippen LogP contribution >= 0.6 is 0 Å². The highest BCUT2D eigenvalue weighted by atomic mass is 16.2. The van der Waals surface area contributed by atoms with Crippen LogP contribution in [0.15, 0.2) is 42.7 Å². The normalized spacial score (nSPS) is 19.0. The molecule has 2 heterocycles. The van der Waals surface area contributed by atoms with Crippen molar-refractivity contribution in [3.63, 3.8) is 0 Å². The molecule has 23 heavy (non-hydrogen) atoms. The number of benzene rings is 1. The predicted molar refractivity (Wildman–Crippen MR) is 90.0 cm³/mol. The summed E-state index contributed by atoms with van der Waals surface area (Å²) >= 11 is 0. The lowest BCUT2D eigenvalue weighted by Gasteiger charge is -2.39. The van der Waals surface area contributed by atoms with Gasteiger partial charge in [0.05, 0.1) is 6.04 Å². The van der Waals surface area contributed by atoms with Gasteiger partial charge in [0.2, 0.25) is 5.91 Å². The molecule has 122 valence electrons. The SMILES string of the molecule is Cc1nccn1CCC(=O)N1CCN(C)[C@H](c2ccccc2)C1. The van der Waals surface area contributed by atoms with E-state index in [1.54, 1.807) is 6.20 Å². The first-order valence-corrected chi connectivity index (χ1v) is 8.16. The lowest BCUT2D eigenvalue weighted by molar-refractivity contribution is -0.134. The van der Waals surface area contributed by atoms with Crippen molar-refractivity contribution in [3.05, 3.63) is 54.1 Å². The van der Waals surface area contributed by atoms with Crippen molar-refractivity contribution in [1.82, 2.24) is 19.4 Å². The van der Waals surface area contributed by atoms with Crippen molar-refractivity contribution >= 4 is 5.91 Å². The number of aryl methyl sites for hydroxylation is 2. The highest BCUT2D eigenvalue weighted by Gasteiger charge is 2.28. The van der Waals surface area contributed by atoms with E-state index in [2.05, 4.69) is 41.2 Å². The Morgan fingerprint density at radius 1 is 1.26 bits per heavy atom. The van der Waals surface area contributed by atoms with E-state index in [4.69, 9.17) is 0 Å². The molecule has 1 aromatic heterocycles. The first-order chi connectivity index (χ1) is 11.1. The third-order valence-electron chi connectivity index (χ3n) is 4.68. The Morgan fingerprint density at radius 3 is 2.74 bits per heavy atom. The minimum atomic E-state index is 0.229. The van der Waals surface area contributed by atoms with E-state index in [0.717, 1.165) is 25.5 Å². The van der Waals surface area contributed by atoms with Gasteiger partial charge in [-0.3, -0.25) is 9.69 Å². The van der Waals surface area contributed by atoms with Crippen molar-refractivity contribution in [3.8, 4) is 0 Å². The minimum Gasteiger partial charge on any atom is -0.339 e. The molecule has 1 aliphatic heterocycles. The van der Waals surface area contributed by atoms with Crippen LogP contribution in [0.3, 0.4) is 0 Å². The molecule has 3 rings (SSSR count). The predicted octanol–water partition coefficient (Wildman–Crippen LogP) is 2.10. The van der Waals surface area contributed by atoms with Gasteiger partial charge in [-0.1, -0.05) is 30.3 Å². The molecule has 1 aromatic carbocycles. The van der Waals surface area contributed by atoms with Gasteiger partial charge in [-0.05, 0) is 19.5 Å². The minimum absolute atomic E-state index is 0.229. The Morgan fingerprint density at radius 2 is 2.04 bits per heavy atom. The molecular weight excluding hydrogens is 288 g/mol. The lowest BCUT2D eigenvalue weighted by Crippen LogP contribution is -2.49. The Balaban J connectivity index is 1.61. The molecule has 5 nitrogen and oxygen atoms in total. The van der Waals surface area contributed by atoms with E-state index < -0.39 is 0 Å². The summed E-state index contributed by atoms with van der Waals surface area (Å²) < 4.78 is 2.03. The molecule has 1 amide bonds. The average molecular weight is 312 g/mol. The number of imidazole rings is 1. The standard InChI is InChI=1S/C18H24N4O/c1-15-19-9-11-21(15)10-8-18(23)22-13-12-20(2)17(14-22)16-6-4-3-5-7-16/h3-7,9,11,17H,8,10,12-14H2,1-2H3/t17-/m0/s1. The number of carbonyl (C=O) groups excluding carboxylic acids is 1. The molecule has 0 saturated carbocycles. The van der Waals surface area contributed by atoms with Gasteiger partial charge in [0.1, 0.15) is 5.82 Å². The van der Waals surface area contributed by atoms with E-state index in [9.17, 15) is 4.79 Å². The van der Waals surface area contributed by atoms with Crippen LogP contribution in [0.2, 0.25) is 0 Å². The van der Waals surface area contributed by atoms with Crippen molar-refractivity contribution in [2.75, 3.05) is 26.7 Å². The number of nitrogens with zero attached hydrogens (tertiary/aromatic N) is 4. The molecule has 0 unspecified atom stereocenters. The van der Waals surface area contributed by atoms with E-state index in [-0.39, 0.29) is 11.9 Å². The zero-order valence-electron chi connectivity index (χ0n) is 13.9. The second-order valence-corrected chi connectivity index (χ2v) is 6.16. The second-order valence-electron chi connectivity index (χ2n) is 6.16. The Labute approximate surface area is 137 Å². The van der Waals surface area contributed by atoms with Crippen molar-refractivity contribution in [2.24, 2.45) is 0 Å². The smallest absolute Gasteiger partial charge is 0.224 e. The summed E-state index contributed by atoms with van der Waals surface area (Å²) in [5, 5.41) is 0. The summed E-state index contributed by atoms with van der Waals surface area (Å²) in [6, 6.07) is 10.7. The molecule has 1 saturated heterocycles. The number of piperazine rings is 1. The highest BCUT2D eigenvalue weighted by Crippen LogP contribution is 2.24. The van der Waals surface area contributed by atoms with Crippen LogP contribution in [0, 0.1) is 6.92 Å². The molecule has 0 N–H and O–H groups in total. The molecule has 2 aromatic rings. The van der Waals surface area contributed by atoms with E-state index >= 15 is 0 Å². The summed E-state index contributed by atoms with van der Waals surface area (Å²) in [6.07, 6.45) is 4.24. The summed E-state index contributed by atoms with van der Waals surface area (Å²) in [5.41, 5.74) is 1.28. The van der Waals surface area contributed by atoms with Gasteiger partial charge in [-0.15, -0.1) is 0 Å². The largest absolute Gasteiger partial charge is 0.339 e. The van der Waals surface area contributed by atoms with E-state index in [1.165, 1.54) is 5.56 Å². The van der Waals surface area contributed by atoms with Crippen LogP contribution < -0.4 is 0 Å². The maximum atomic E-state index is 12.6. The molecule has 0 radical (unpaired) electrons. The summed E-state index contributed by atoms with van der Waals surface area (Å²) in [7, 11) is 2.13. The first kappa shape index (κ1) is 15.7. The van der Waals surface area contributed by atoms with Gasteiger partial charge >= 0.3 is 0 Å². The van der Waals surface area contributed by atoms with Gasteiger partial charge in [-0.2, -0.15) is 0 Å². The second kappa shape index (κ2) is 6.96. The van der Waals surface area contributed by atoms with Crippen molar-refractivity contribution in [1.29, 1.82) is 0 Å². The van der Waals surface area contributed by atoms with Gasteiger partial charge in [0, 0.05) is 45.0 Å². The summed E-state index contributed by atoms with van der Waals surface area (Å²) in [4.78, 5) is 21.1. The number of amides is 1. The van der Waals surface area contributed by atoms with Crippen LogP contribution in [0.4, 0.5) is 0 Å². The fraction of sp³-hybridized carbons (Fsp3) is 0.444. The average Bonchev–Trinajstić information content (AvgIpc) is 2.99. The third kappa shape index (κ3) is 3.62. The van der Waals surface area contributed by atoms with E-state index in [0.29, 0.717) is 13.0 Å². The third-order valence-corrected chi connectivity index (χ3v) is 4.68. The van der Waals surface area contributed by atoms with Gasteiger partial charge in [0.25, 0.3) is 0 Å². The number of hydrogen-bond donors (Lipinski definition) is 0. The number of likely N-dealkylation sites (N-methyl/N-ethyl adjacent to an activating group) is 1. The highest BCUT2D eigenvalue weighted by molar-refractivity contribution is 5.76. The number of carbonyl (C=O) groups is 1. The Hall–Kier alpha value is -2.14. The molecule has 1 fully saturated rings. The zero-order chi connectivity index (χ0) is 16.2. The molecule has 1 aliphatic rings.